The van der Waals surface area contributed by atoms with Gasteiger partial charge in [0, 0.05) is 24.0 Å². The van der Waals surface area contributed by atoms with Gasteiger partial charge in [0.1, 0.15) is 12.0 Å². The third kappa shape index (κ3) is 1.09. The molecule has 1 aliphatic carbocycles. The molecule has 0 bridgehead atoms. The maximum Gasteiger partial charge on any atom is 0.124 e. The molecule has 1 aromatic rings. The Balaban J connectivity index is 2.39. The molecule has 1 aliphatic rings. The first-order valence-corrected chi connectivity index (χ1v) is 4.11. The number of allylic oxidation sites excluding steroid dienone is 1. The van der Waals surface area contributed by atoms with E-state index in [9.17, 15) is 4.79 Å². The van der Waals surface area contributed by atoms with Crippen LogP contribution >= 0.6 is 0 Å². The molecule has 0 atom stereocenters. The van der Waals surface area contributed by atoms with E-state index in [1.807, 2.05) is 6.08 Å². The van der Waals surface area contributed by atoms with Crippen LogP contribution in [0.5, 0.6) is 0 Å². The van der Waals surface area contributed by atoms with Crippen LogP contribution in [0.1, 0.15) is 23.3 Å². The first-order valence-electron chi connectivity index (χ1n) is 4.11. The first kappa shape index (κ1) is 7.35. The van der Waals surface area contributed by atoms with Crippen molar-refractivity contribution in [1.29, 1.82) is 0 Å². The number of hydrogen-bond donors (Lipinski definition) is 0. The van der Waals surface area contributed by atoms with Crippen molar-refractivity contribution in [3.05, 3.63) is 29.2 Å². The topological polar surface area (TPSA) is 30.2 Å². The van der Waals surface area contributed by atoms with Crippen molar-refractivity contribution in [3.8, 4) is 0 Å². The van der Waals surface area contributed by atoms with Crippen LogP contribution in [0.4, 0.5) is 0 Å². The van der Waals surface area contributed by atoms with E-state index < -0.39 is 0 Å². The number of aldehydes is 1. The predicted octanol–water partition coefficient (Wildman–Crippen LogP) is 1.98. The normalized spacial score (nSPS) is 14.3. The summed E-state index contributed by atoms with van der Waals surface area (Å²) >= 11 is 0. The van der Waals surface area contributed by atoms with Crippen molar-refractivity contribution >= 4 is 12.4 Å². The fourth-order valence-corrected chi connectivity index (χ4v) is 1.51. The van der Waals surface area contributed by atoms with Crippen LogP contribution in [0, 0.1) is 0 Å². The third-order valence-corrected chi connectivity index (χ3v) is 2.12. The summed E-state index contributed by atoms with van der Waals surface area (Å²) in [7, 11) is 0. The second-order valence-corrected chi connectivity index (χ2v) is 2.91. The molecule has 0 unspecified atom stereocenters. The Hall–Kier alpha value is -1.31. The summed E-state index contributed by atoms with van der Waals surface area (Å²) in [6, 6.07) is 0. The van der Waals surface area contributed by atoms with Gasteiger partial charge in [-0.1, -0.05) is 12.2 Å². The molecule has 0 aromatic carbocycles. The molecule has 62 valence electrons. The van der Waals surface area contributed by atoms with Gasteiger partial charge < -0.3 is 9.21 Å². The average molecular weight is 162 g/mol. The number of aryl methyl sites for hydroxylation is 1. The van der Waals surface area contributed by atoms with Crippen LogP contribution in [0.3, 0.4) is 0 Å². The minimum Gasteiger partial charge on any atom is -0.468 e. The molecule has 0 fully saturated rings. The number of furan rings is 1. The van der Waals surface area contributed by atoms with Gasteiger partial charge in [0.15, 0.2) is 0 Å². The van der Waals surface area contributed by atoms with Crippen molar-refractivity contribution in [3.63, 3.8) is 0 Å². The van der Waals surface area contributed by atoms with Crippen LogP contribution < -0.4 is 0 Å². The molecule has 1 heterocycles. The molecule has 0 amide bonds. The molecule has 2 rings (SSSR count). The lowest BCUT2D eigenvalue weighted by atomic mass is 10.0. The van der Waals surface area contributed by atoms with Crippen molar-refractivity contribution in [2.75, 3.05) is 0 Å². The summed E-state index contributed by atoms with van der Waals surface area (Å²) < 4.78 is 5.33. The Labute approximate surface area is 70.9 Å². The van der Waals surface area contributed by atoms with Crippen LogP contribution in [0.2, 0.25) is 0 Å². The van der Waals surface area contributed by atoms with Crippen LogP contribution in [-0.4, -0.2) is 6.29 Å². The molecular weight excluding hydrogens is 152 g/mol. The fourth-order valence-electron chi connectivity index (χ4n) is 1.51. The zero-order valence-electron chi connectivity index (χ0n) is 6.75. The molecular formula is C10H10O2. The Morgan fingerprint density at radius 2 is 2.50 bits per heavy atom. The number of carbonyl (C=O) groups excluding carboxylic acids is 1. The highest BCUT2D eigenvalue weighted by Crippen LogP contribution is 2.24. The highest BCUT2D eigenvalue weighted by molar-refractivity contribution is 5.64. The molecule has 0 saturated carbocycles. The van der Waals surface area contributed by atoms with Gasteiger partial charge in [-0.15, -0.1) is 0 Å². The fraction of sp³-hybridized carbons (Fsp3) is 0.300. The van der Waals surface area contributed by atoms with Gasteiger partial charge in [-0.2, -0.15) is 0 Å². The summed E-state index contributed by atoms with van der Waals surface area (Å²) in [6.45, 7) is 0. The van der Waals surface area contributed by atoms with Crippen molar-refractivity contribution in [1.82, 2.24) is 0 Å². The molecule has 0 radical (unpaired) electrons. The first-order chi connectivity index (χ1) is 5.92. The van der Waals surface area contributed by atoms with Crippen LogP contribution in [0.15, 0.2) is 16.8 Å². The molecule has 0 saturated heterocycles. The van der Waals surface area contributed by atoms with E-state index in [0.29, 0.717) is 6.42 Å². The summed E-state index contributed by atoms with van der Waals surface area (Å²) in [5.41, 5.74) is 2.13. The summed E-state index contributed by atoms with van der Waals surface area (Å²) in [6.07, 6.45) is 9.23. The molecule has 1 aromatic heterocycles. The van der Waals surface area contributed by atoms with E-state index in [2.05, 4.69) is 6.08 Å². The third-order valence-electron chi connectivity index (χ3n) is 2.12. The SMILES string of the molecule is O=CCc1coc2c1C=CCC2. The van der Waals surface area contributed by atoms with Gasteiger partial charge >= 0.3 is 0 Å². The molecule has 2 nitrogen and oxygen atoms in total. The molecule has 0 aliphatic heterocycles. The van der Waals surface area contributed by atoms with Gasteiger partial charge in [-0.3, -0.25) is 0 Å². The predicted molar refractivity (Wildman–Crippen MR) is 45.8 cm³/mol. The van der Waals surface area contributed by atoms with E-state index in [-0.39, 0.29) is 0 Å². The van der Waals surface area contributed by atoms with Gasteiger partial charge in [0.25, 0.3) is 0 Å². The van der Waals surface area contributed by atoms with Crippen molar-refractivity contribution in [2.24, 2.45) is 0 Å². The Morgan fingerprint density at radius 3 is 3.33 bits per heavy atom. The van der Waals surface area contributed by atoms with Crippen LogP contribution in [-0.2, 0) is 17.6 Å². The molecule has 0 spiro atoms. The average Bonchev–Trinajstić information content (AvgIpc) is 2.50. The maximum absolute atomic E-state index is 10.3. The highest BCUT2D eigenvalue weighted by Gasteiger charge is 2.12. The molecule has 0 N–H and O–H groups in total. The lowest BCUT2D eigenvalue weighted by Crippen LogP contribution is -1.92. The summed E-state index contributed by atoms with van der Waals surface area (Å²) in [5.74, 6) is 1.02. The van der Waals surface area contributed by atoms with E-state index in [0.717, 1.165) is 36.0 Å². The standard InChI is InChI=1S/C10H10O2/c11-6-5-8-7-12-10-4-2-1-3-9(8)10/h1,3,6-7H,2,4-5H2. The maximum atomic E-state index is 10.3. The van der Waals surface area contributed by atoms with E-state index >= 15 is 0 Å². The minimum absolute atomic E-state index is 0.461. The van der Waals surface area contributed by atoms with Crippen molar-refractivity contribution in [2.45, 2.75) is 19.3 Å². The van der Waals surface area contributed by atoms with Gasteiger partial charge in [-0.05, 0) is 6.42 Å². The zero-order valence-corrected chi connectivity index (χ0v) is 6.75. The van der Waals surface area contributed by atoms with Crippen molar-refractivity contribution < 1.29 is 9.21 Å². The van der Waals surface area contributed by atoms with Gasteiger partial charge in [0.2, 0.25) is 0 Å². The minimum atomic E-state index is 0.461. The second-order valence-electron chi connectivity index (χ2n) is 2.91. The Bertz CT molecular complexity index is 321. The number of carbonyl (C=O) groups is 1. The van der Waals surface area contributed by atoms with E-state index in [1.165, 1.54) is 0 Å². The highest BCUT2D eigenvalue weighted by atomic mass is 16.3. The van der Waals surface area contributed by atoms with Crippen LogP contribution in [0.25, 0.3) is 6.08 Å². The van der Waals surface area contributed by atoms with Gasteiger partial charge in [-0.25, -0.2) is 0 Å². The summed E-state index contributed by atoms with van der Waals surface area (Å²) in [5, 5.41) is 0. The monoisotopic (exact) mass is 162 g/mol. The smallest absolute Gasteiger partial charge is 0.124 e. The molecule has 12 heavy (non-hydrogen) atoms. The lowest BCUT2D eigenvalue weighted by molar-refractivity contribution is -0.107. The number of rotatable bonds is 2. The number of fused-ring (bicyclic) bond motifs is 1. The Morgan fingerprint density at radius 1 is 1.58 bits per heavy atom. The molecule has 2 heteroatoms. The van der Waals surface area contributed by atoms with Gasteiger partial charge in [0.05, 0.1) is 6.26 Å². The number of hydrogen-bond acceptors (Lipinski definition) is 2. The van der Waals surface area contributed by atoms with E-state index in [1.54, 1.807) is 6.26 Å². The Kier molecular flexibility index (Phi) is 1.82. The second kappa shape index (κ2) is 2.97. The largest absolute Gasteiger partial charge is 0.468 e. The quantitative estimate of drug-likeness (QED) is 0.622. The lowest BCUT2D eigenvalue weighted by Gasteiger charge is -2.02. The van der Waals surface area contributed by atoms with E-state index in [4.69, 9.17) is 4.42 Å². The zero-order chi connectivity index (χ0) is 8.39. The summed E-state index contributed by atoms with van der Waals surface area (Å²) in [4.78, 5) is 10.3.